The third-order valence-electron chi connectivity index (χ3n) is 11.8. The van der Waals surface area contributed by atoms with E-state index in [4.69, 9.17) is 22.8 Å². The van der Waals surface area contributed by atoms with Gasteiger partial charge in [-0.3, -0.25) is 9.55 Å². The number of aromatic hydroxyl groups is 1. The van der Waals surface area contributed by atoms with Crippen LogP contribution < -0.4 is 0 Å². The fourth-order valence-electron chi connectivity index (χ4n) is 8.28. The SMILES string of the molecule is [2H]c1c([2H])c(C([2H])([2H])[2H])c([2H])c([2H])c1-c1ccnc(-c2[c-]c(-c3cccc4c3nc(-c3cc(C([2H])(C)C)cc(C([2H])(C)C)c3O)n4-c3ccc(-c4c(C([2H])(C)C)cccc4C([2H])(C)C)cc3C([2H])([2H])[2H])cc(C(C)(C)C)c2)c1.[Pt]. The number of rotatable bonds is 10. The quantitative estimate of drug-likeness (QED) is 0.139. The summed E-state index contributed by atoms with van der Waals surface area (Å²) < 4.78 is 124. The summed E-state index contributed by atoms with van der Waals surface area (Å²) in [7, 11) is 0. The third kappa shape index (κ3) is 9.30. The van der Waals surface area contributed by atoms with Gasteiger partial charge in [-0.1, -0.05) is 166 Å². The van der Waals surface area contributed by atoms with E-state index in [9.17, 15) is 6.48 Å². The molecule has 6 aromatic carbocycles. The summed E-state index contributed by atoms with van der Waals surface area (Å²) in [4.78, 5) is 10.0. The van der Waals surface area contributed by atoms with E-state index in [1.165, 1.54) is 12.3 Å². The van der Waals surface area contributed by atoms with Crippen molar-refractivity contribution in [3.63, 3.8) is 0 Å². The molecule has 0 aliphatic heterocycles. The molecule has 2 heterocycles. The number of pyridine rings is 1. The van der Waals surface area contributed by atoms with Crippen LogP contribution >= 0.6 is 0 Å². The zero-order valence-corrected chi connectivity index (χ0v) is 41.1. The van der Waals surface area contributed by atoms with E-state index >= 15 is 0 Å². The smallest absolute Gasteiger partial charge is 0.148 e. The van der Waals surface area contributed by atoms with Crippen LogP contribution in [0.1, 0.15) is 158 Å². The predicted octanol–water partition coefficient (Wildman–Crippen LogP) is 16.7. The van der Waals surface area contributed by atoms with E-state index in [1.807, 2.05) is 57.2 Å². The number of aromatic nitrogens is 3. The van der Waals surface area contributed by atoms with Crippen molar-refractivity contribution in [3.8, 4) is 67.5 Å². The first-order chi connectivity index (χ1) is 35.7. The van der Waals surface area contributed by atoms with Crippen LogP contribution in [0.2, 0.25) is 0 Å². The molecule has 0 bridgehead atoms. The van der Waals surface area contributed by atoms with E-state index in [0.717, 1.165) is 5.56 Å². The average molecular weight is 1050 g/mol. The number of imidazole rings is 1. The van der Waals surface area contributed by atoms with Crippen LogP contribution in [-0.4, -0.2) is 19.6 Å². The second-order valence-electron chi connectivity index (χ2n) is 18.5. The van der Waals surface area contributed by atoms with Gasteiger partial charge in [-0.15, -0.1) is 29.3 Å². The maximum Gasteiger partial charge on any atom is 0.148 e. The minimum Gasteiger partial charge on any atom is -0.507 e. The fourth-order valence-corrected chi connectivity index (χ4v) is 8.28. The summed E-state index contributed by atoms with van der Waals surface area (Å²) in [6.45, 7) is 14.1. The van der Waals surface area contributed by atoms with Crippen molar-refractivity contribution in [1.82, 2.24) is 14.5 Å². The van der Waals surface area contributed by atoms with Gasteiger partial charge >= 0.3 is 0 Å². The number of fused-ring (bicyclic) bond motifs is 1. The molecule has 8 aromatic rings. The van der Waals surface area contributed by atoms with Crippen LogP contribution in [-0.2, 0) is 26.5 Å². The minimum absolute atomic E-state index is 0. The summed E-state index contributed by atoms with van der Waals surface area (Å²) in [5.74, 6) is -5.01. The molecule has 0 atom stereocenters. The molecule has 0 saturated carbocycles. The summed E-state index contributed by atoms with van der Waals surface area (Å²) in [6, 6.07) is 27.5. The molecule has 65 heavy (non-hydrogen) atoms. The van der Waals surface area contributed by atoms with Gasteiger partial charge in [-0.05, 0) is 123 Å². The maximum atomic E-state index is 12.4. The Hall–Kier alpha value is -5.57. The number of hydrogen-bond acceptors (Lipinski definition) is 3. The van der Waals surface area contributed by atoms with Gasteiger partial charge in [0.1, 0.15) is 11.6 Å². The first kappa shape index (κ1) is 32.2. The van der Waals surface area contributed by atoms with E-state index in [-0.39, 0.29) is 66.1 Å². The molecule has 0 spiro atoms. The van der Waals surface area contributed by atoms with Crippen molar-refractivity contribution < 1.29 is 45.4 Å². The van der Waals surface area contributed by atoms with Crippen LogP contribution in [0, 0.1) is 19.8 Å². The van der Waals surface area contributed by atoms with E-state index < -0.39 is 72.4 Å². The second kappa shape index (κ2) is 18.7. The van der Waals surface area contributed by atoms with Crippen LogP contribution in [0.25, 0.3) is 72.7 Å². The largest absolute Gasteiger partial charge is 0.507 e. The molecule has 0 fully saturated rings. The fraction of sp³-hybridized carbons (Fsp3) is 0.300. The molecule has 0 radical (unpaired) electrons. The second-order valence-corrected chi connectivity index (χ2v) is 18.5. The zero-order valence-electron chi connectivity index (χ0n) is 52.8. The Labute approximate surface area is 422 Å². The molecular formula is C60H64N3OPt-. The molecule has 0 saturated heterocycles. The number of hydrogen-bond donors (Lipinski definition) is 1. The van der Waals surface area contributed by atoms with Gasteiger partial charge in [0.25, 0.3) is 0 Å². The van der Waals surface area contributed by atoms with E-state index in [0.29, 0.717) is 61.2 Å². The van der Waals surface area contributed by atoms with Gasteiger partial charge in [0.2, 0.25) is 0 Å². The number of para-hydroxylation sites is 1. The van der Waals surface area contributed by atoms with Crippen LogP contribution in [0.4, 0.5) is 0 Å². The Balaban J connectivity index is 0.00000903. The van der Waals surface area contributed by atoms with Crippen molar-refractivity contribution in [1.29, 1.82) is 0 Å². The molecule has 8 rings (SSSR count). The summed E-state index contributed by atoms with van der Waals surface area (Å²) >= 11 is 0. The van der Waals surface area contributed by atoms with Crippen molar-refractivity contribution in [3.05, 3.63) is 166 Å². The topological polar surface area (TPSA) is 50.9 Å². The summed E-state index contributed by atoms with van der Waals surface area (Å²) in [5.41, 5.74) is 5.89. The van der Waals surface area contributed by atoms with Crippen LogP contribution in [0.3, 0.4) is 0 Å². The average Bonchev–Trinajstić information content (AvgIpc) is 3.87. The third-order valence-corrected chi connectivity index (χ3v) is 11.8. The number of phenolic OH excluding ortho intramolecular Hbond substituents is 1. The number of benzene rings is 6. The van der Waals surface area contributed by atoms with E-state index in [2.05, 4.69) is 11.1 Å². The molecule has 336 valence electrons. The van der Waals surface area contributed by atoms with Crippen LogP contribution in [0.15, 0.2) is 121 Å². The van der Waals surface area contributed by atoms with Gasteiger partial charge in [-0.25, -0.2) is 4.98 Å². The molecule has 1 N–H and O–H groups in total. The normalized spacial score (nSPS) is 16.1. The Bertz CT molecular complexity index is 3630. The Kier molecular flexibility index (Phi) is 9.27. The van der Waals surface area contributed by atoms with Gasteiger partial charge in [0, 0.05) is 46.7 Å². The maximum absolute atomic E-state index is 12.4. The molecule has 0 unspecified atom stereocenters. The number of aryl methyl sites for hydroxylation is 1. The molecule has 4 nitrogen and oxygen atoms in total. The molecule has 0 aliphatic carbocycles. The number of phenols is 1. The van der Waals surface area contributed by atoms with Gasteiger partial charge in [0.15, 0.2) is 0 Å². The minimum atomic E-state index is -2.88. The molecule has 0 aliphatic rings. The first-order valence-corrected chi connectivity index (χ1v) is 21.6. The Morgan fingerprint density at radius 2 is 1.35 bits per heavy atom. The van der Waals surface area contributed by atoms with Crippen molar-refractivity contribution in [2.75, 3.05) is 0 Å². The number of nitrogens with zero attached hydrogens (tertiary/aromatic N) is 3. The predicted molar refractivity (Wildman–Crippen MR) is 271 cm³/mol. The Morgan fingerprint density at radius 1 is 0.677 bits per heavy atom. The van der Waals surface area contributed by atoms with E-state index in [1.54, 1.807) is 108 Å². The first-order valence-electron chi connectivity index (χ1n) is 28.6. The Morgan fingerprint density at radius 3 is 1.98 bits per heavy atom. The van der Waals surface area contributed by atoms with Gasteiger partial charge in [-0.2, -0.15) is 0 Å². The summed E-state index contributed by atoms with van der Waals surface area (Å²) in [5, 5.41) is 12.4. The monoisotopic (exact) mass is 1050 g/mol. The molecule has 2 aromatic heterocycles. The van der Waals surface area contributed by atoms with Crippen molar-refractivity contribution in [2.24, 2.45) is 0 Å². The van der Waals surface area contributed by atoms with Crippen LogP contribution in [0.5, 0.6) is 5.75 Å². The molecular weight excluding hydrogens is 974 g/mol. The molecule has 5 heteroatoms. The standard InChI is InChI=1S/C60H64N3O.Pt/c1-35(2)44-32-51(38(7)8)58(64)52(33-44)59-62-57-50(45-29-46(31-47(30-45)60(11,12)13)53-34-42(26-27-61-53)41-22-20-39(9)21-23-41)18-15-19-55(57)63(59)54-25-24-43(28-40(54)10)56-48(36(3)4)16-14-17-49(56)37(5)6;/h14-28,30-38,64H,1-13H3;/q-1;/i9D3,10D3,20D,21D,22D,23D,35D,36D,37D,38D;. The zero-order chi connectivity index (χ0) is 57.9. The van der Waals surface area contributed by atoms with Crippen molar-refractivity contribution in [2.45, 2.75) is 119 Å². The molecule has 0 amide bonds. The van der Waals surface area contributed by atoms with Gasteiger partial charge in [0.05, 0.1) is 27.8 Å². The summed E-state index contributed by atoms with van der Waals surface area (Å²) in [6.07, 6.45) is 1.47. The van der Waals surface area contributed by atoms with Crippen molar-refractivity contribution >= 4 is 11.0 Å². The van der Waals surface area contributed by atoms with Gasteiger partial charge < -0.3 is 5.11 Å².